The number of hydrogen-bond acceptors (Lipinski definition) is 3. The zero-order valence-corrected chi connectivity index (χ0v) is 11.6. The first-order chi connectivity index (χ1) is 9.45. The summed E-state index contributed by atoms with van der Waals surface area (Å²) in [7, 11) is -1.02. The van der Waals surface area contributed by atoms with Gasteiger partial charge in [0.05, 0.1) is 11.3 Å². The summed E-state index contributed by atoms with van der Waals surface area (Å²) < 4.78 is 24.7. The molecule has 0 saturated carbocycles. The van der Waals surface area contributed by atoms with Crippen LogP contribution in [0.4, 0.5) is 14.9 Å². The summed E-state index contributed by atoms with van der Waals surface area (Å²) in [5, 5.41) is 13.4. The van der Waals surface area contributed by atoms with E-state index in [2.05, 4.69) is 10.6 Å². The highest BCUT2D eigenvalue weighted by molar-refractivity contribution is 7.84. The lowest BCUT2D eigenvalue weighted by molar-refractivity contribution is 0.0697. The highest BCUT2D eigenvalue weighted by atomic mass is 32.2. The molecular weight excluding hydrogens is 287 g/mol. The highest BCUT2D eigenvalue weighted by Crippen LogP contribution is 2.19. The number of carboxylic acids is 1. The van der Waals surface area contributed by atoms with Gasteiger partial charge in [-0.05, 0) is 12.1 Å². The Bertz CT molecular complexity index is 536. The van der Waals surface area contributed by atoms with Crippen LogP contribution in [0.25, 0.3) is 0 Å². The van der Waals surface area contributed by atoms with E-state index < -0.39 is 34.3 Å². The molecule has 110 valence electrons. The molecule has 3 N–H and O–H groups in total. The van der Waals surface area contributed by atoms with Crippen molar-refractivity contribution in [2.24, 2.45) is 0 Å². The number of amides is 2. The van der Waals surface area contributed by atoms with Gasteiger partial charge in [-0.3, -0.25) is 4.21 Å². The predicted octanol–water partition coefficient (Wildman–Crippen LogP) is 1.41. The third kappa shape index (κ3) is 4.61. The summed E-state index contributed by atoms with van der Waals surface area (Å²) >= 11 is 0. The van der Waals surface area contributed by atoms with Crippen molar-refractivity contribution in [1.82, 2.24) is 5.32 Å². The van der Waals surface area contributed by atoms with Gasteiger partial charge in [0.1, 0.15) is 5.82 Å². The number of benzene rings is 1. The van der Waals surface area contributed by atoms with Crippen molar-refractivity contribution in [3.63, 3.8) is 0 Å². The quantitative estimate of drug-likeness (QED) is 0.740. The van der Waals surface area contributed by atoms with Crippen molar-refractivity contribution in [2.45, 2.75) is 6.92 Å². The SMILES string of the molecule is CCS(=O)CCNC(=O)Nc1c(F)cccc1C(=O)O. The molecule has 0 spiro atoms. The second kappa shape index (κ2) is 7.59. The Labute approximate surface area is 117 Å². The van der Waals surface area contributed by atoms with Gasteiger partial charge < -0.3 is 15.7 Å². The van der Waals surface area contributed by atoms with E-state index in [1.165, 1.54) is 12.1 Å². The molecule has 0 heterocycles. The van der Waals surface area contributed by atoms with Gasteiger partial charge in [0.25, 0.3) is 0 Å². The summed E-state index contributed by atoms with van der Waals surface area (Å²) in [4.78, 5) is 22.4. The van der Waals surface area contributed by atoms with E-state index in [4.69, 9.17) is 5.11 Å². The third-order valence-electron chi connectivity index (χ3n) is 2.42. The summed E-state index contributed by atoms with van der Waals surface area (Å²) in [6.45, 7) is 1.91. The molecule has 0 aliphatic carbocycles. The second-order valence-electron chi connectivity index (χ2n) is 3.78. The van der Waals surface area contributed by atoms with Crippen LogP contribution in [-0.4, -0.2) is 39.4 Å². The maximum absolute atomic E-state index is 13.5. The van der Waals surface area contributed by atoms with Gasteiger partial charge in [0, 0.05) is 28.9 Å². The predicted molar refractivity (Wildman–Crippen MR) is 73.9 cm³/mol. The molecule has 1 aromatic carbocycles. The van der Waals surface area contributed by atoms with E-state index in [1.807, 2.05) is 0 Å². The van der Waals surface area contributed by atoms with Crippen LogP contribution in [0.1, 0.15) is 17.3 Å². The van der Waals surface area contributed by atoms with Crippen molar-refractivity contribution >= 4 is 28.5 Å². The van der Waals surface area contributed by atoms with E-state index >= 15 is 0 Å². The summed E-state index contributed by atoms with van der Waals surface area (Å²) in [6.07, 6.45) is 0. The number of para-hydroxylation sites is 1. The molecule has 6 nitrogen and oxygen atoms in total. The minimum Gasteiger partial charge on any atom is -0.478 e. The average molecular weight is 302 g/mol. The Morgan fingerprint density at radius 3 is 2.70 bits per heavy atom. The Kier molecular flexibility index (Phi) is 6.10. The number of rotatable bonds is 6. The first-order valence-corrected chi connectivity index (χ1v) is 7.36. The summed E-state index contributed by atoms with van der Waals surface area (Å²) in [6, 6.07) is 2.74. The first-order valence-electron chi connectivity index (χ1n) is 5.87. The Morgan fingerprint density at radius 1 is 1.40 bits per heavy atom. The maximum Gasteiger partial charge on any atom is 0.337 e. The number of anilines is 1. The molecule has 8 heteroatoms. The van der Waals surface area contributed by atoms with Crippen LogP contribution in [0.15, 0.2) is 18.2 Å². The number of carbonyl (C=O) groups excluding carboxylic acids is 1. The Balaban J connectivity index is 2.66. The fourth-order valence-electron chi connectivity index (χ4n) is 1.41. The molecule has 20 heavy (non-hydrogen) atoms. The van der Waals surface area contributed by atoms with Crippen LogP contribution in [0.3, 0.4) is 0 Å². The number of carboxylic acid groups (broad SMARTS) is 1. The Hall–Kier alpha value is -1.96. The van der Waals surface area contributed by atoms with E-state index in [0.717, 1.165) is 6.07 Å². The first kappa shape index (κ1) is 16.1. The molecule has 1 rings (SSSR count). The standard InChI is InChI=1S/C12H15FN2O4S/c1-2-20(19)7-6-14-12(18)15-10-8(11(16)17)4-3-5-9(10)13/h3-5H,2,6-7H2,1H3,(H,16,17)(H2,14,15,18). The van der Waals surface area contributed by atoms with Crippen LogP contribution < -0.4 is 10.6 Å². The zero-order valence-electron chi connectivity index (χ0n) is 10.8. The molecule has 0 saturated heterocycles. The van der Waals surface area contributed by atoms with E-state index in [0.29, 0.717) is 5.75 Å². The number of halogens is 1. The van der Waals surface area contributed by atoms with Gasteiger partial charge in [0.15, 0.2) is 0 Å². The largest absolute Gasteiger partial charge is 0.478 e. The fraction of sp³-hybridized carbons (Fsp3) is 0.333. The third-order valence-corrected chi connectivity index (χ3v) is 3.72. The smallest absolute Gasteiger partial charge is 0.337 e. The van der Waals surface area contributed by atoms with Gasteiger partial charge in [0.2, 0.25) is 0 Å². The molecule has 0 aromatic heterocycles. The minimum absolute atomic E-state index is 0.156. The Morgan fingerprint density at radius 2 is 2.10 bits per heavy atom. The van der Waals surface area contributed by atoms with Crippen molar-refractivity contribution < 1.29 is 23.3 Å². The number of urea groups is 1. The normalized spacial score (nSPS) is 11.7. The monoisotopic (exact) mass is 302 g/mol. The molecule has 0 radical (unpaired) electrons. The lowest BCUT2D eigenvalue weighted by atomic mass is 10.1. The minimum atomic E-state index is -1.34. The molecular formula is C12H15FN2O4S. The number of aromatic carboxylic acids is 1. The van der Waals surface area contributed by atoms with Gasteiger partial charge in [-0.25, -0.2) is 14.0 Å². The van der Waals surface area contributed by atoms with Crippen LogP contribution in [0, 0.1) is 5.82 Å². The average Bonchev–Trinajstić information content (AvgIpc) is 2.40. The molecule has 0 bridgehead atoms. The van der Waals surface area contributed by atoms with Crippen molar-refractivity contribution in [1.29, 1.82) is 0 Å². The molecule has 1 unspecified atom stereocenters. The topological polar surface area (TPSA) is 95.5 Å². The molecule has 1 aromatic rings. The lowest BCUT2D eigenvalue weighted by Crippen LogP contribution is -2.32. The number of hydrogen-bond donors (Lipinski definition) is 3. The van der Waals surface area contributed by atoms with Crippen molar-refractivity contribution in [2.75, 3.05) is 23.4 Å². The number of carbonyl (C=O) groups is 2. The van der Waals surface area contributed by atoms with Crippen molar-refractivity contribution in [3.8, 4) is 0 Å². The van der Waals surface area contributed by atoms with Crippen LogP contribution in [0.5, 0.6) is 0 Å². The maximum atomic E-state index is 13.5. The van der Waals surface area contributed by atoms with Crippen LogP contribution >= 0.6 is 0 Å². The van der Waals surface area contributed by atoms with Gasteiger partial charge >= 0.3 is 12.0 Å². The fourth-order valence-corrected chi connectivity index (χ4v) is 2.03. The lowest BCUT2D eigenvalue weighted by Gasteiger charge is -2.10. The van der Waals surface area contributed by atoms with Crippen molar-refractivity contribution in [3.05, 3.63) is 29.6 Å². The summed E-state index contributed by atoms with van der Waals surface area (Å²) in [5.41, 5.74) is -0.730. The van der Waals surface area contributed by atoms with E-state index in [-0.39, 0.29) is 17.9 Å². The molecule has 0 aliphatic rings. The molecule has 1 atom stereocenters. The number of nitrogens with one attached hydrogen (secondary N) is 2. The van der Waals surface area contributed by atoms with Gasteiger partial charge in [-0.2, -0.15) is 0 Å². The van der Waals surface area contributed by atoms with E-state index in [9.17, 15) is 18.2 Å². The van der Waals surface area contributed by atoms with Gasteiger partial charge in [-0.15, -0.1) is 0 Å². The van der Waals surface area contributed by atoms with Gasteiger partial charge in [-0.1, -0.05) is 13.0 Å². The molecule has 0 aliphatic heterocycles. The van der Waals surface area contributed by atoms with Crippen LogP contribution in [0.2, 0.25) is 0 Å². The molecule has 2 amide bonds. The zero-order chi connectivity index (χ0) is 15.1. The van der Waals surface area contributed by atoms with E-state index in [1.54, 1.807) is 6.92 Å². The van der Waals surface area contributed by atoms with Crippen LogP contribution in [-0.2, 0) is 10.8 Å². The highest BCUT2D eigenvalue weighted by Gasteiger charge is 2.16. The second-order valence-corrected chi connectivity index (χ2v) is 5.65. The summed E-state index contributed by atoms with van der Waals surface area (Å²) in [5.74, 6) is -1.41. The molecule has 0 fully saturated rings.